The number of hydrogen-bond acceptors (Lipinski definition) is 5. The van der Waals surface area contributed by atoms with E-state index in [0.29, 0.717) is 6.61 Å². The zero-order chi connectivity index (χ0) is 15.2. The summed E-state index contributed by atoms with van der Waals surface area (Å²) in [6.45, 7) is 4.57. The maximum absolute atomic E-state index is 6.01. The number of aryl methyl sites for hydroxylation is 1. The van der Waals surface area contributed by atoms with Crippen molar-refractivity contribution in [3.8, 4) is 11.5 Å². The predicted octanol–water partition coefficient (Wildman–Crippen LogP) is 3.67. The molecule has 2 aromatic rings. The summed E-state index contributed by atoms with van der Waals surface area (Å²) in [5.74, 6) is 2.40. The number of thioether (sulfide) groups is 1. The van der Waals surface area contributed by atoms with Crippen LogP contribution >= 0.6 is 11.8 Å². The van der Waals surface area contributed by atoms with Crippen molar-refractivity contribution in [1.29, 1.82) is 0 Å². The molecule has 0 aliphatic carbocycles. The van der Waals surface area contributed by atoms with Gasteiger partial charge in [-0.25, -0.2) is 0 Å². The maximum Gasteiger partial charge on any atom is 0.122 e. The van der Waals surface area contributed by atoms with Crippen molar-refractivity contribution in [3.05, 3.63) is 41.7 Å². The molecule has 0 saturated heterocycles. The van der Waals surface area contributed by atoms with Crippen LogP contribution in [0.15, 0.2) is 35.2 Å². The molecule has 2 N–H and O–H groups in total. The topological polar surface area (TPSA) is 57.4 Å². The van der Waals surface area contributed by atoms with Gasteiger partial charge in [0, 0.05) is 34.2 Å². The summed E-state index contributed by atoms with van der Waals surface area (Å²) in [7, 11) is 1.66. The quantitative estimate of drug-likeness (QED) is 0.652. The molecule has 112 valence electrons. The van der Waals surface area contributed by atoms with Gasteiger partial charge in [0.1, 0.15) is 11.5 Å². The smallest absolute Gasteiger partial charge is 0.122 e. The van der Waals surface area contributed by atoms with Crippen LogP contribution in [0.4, 0.5) is 5.69 Å². The van der Waals surface area contributed by atoms with E-state index in [1.54, 1.807) is 18.9 Å². The molecule has 0 aliphatic rings. The van der Waals surface area contributed by atoms with E-state index in [9.17, 15) is 0 Å². The molecule has 0 atom stereocenters. The van der Waals surface area contributed by atoms with E-state index in [1.807, 2.05) is 44.2 Å². The fourth-order valence-corrected chi connectivity index (χ4v) is 2.83. The fraction of sp³-hybridized carbons (Fsp3) is 0.312. The van der Waals surface area contributed by atoms with E-state index < -0.39 is 0 Å². The highest BCUT2D eigenvalue weighted by Crippen LogP contribution is 2.31. The van der Waals surface area contributed by atoms with Crippen molar-refractivity contribution in [3.63, 3.8) is 0 Å². The highest BCUT2D eigenvalue weighted by atomic mass is 32.2. The molecule has 0 amide bonds. The average molecular weight is 304 g/mol. The summed E-state index contributed by atoms with van der Waals surface area (Å²) in [6, 6.07) is 9.59. The molecule has 0 unspecified atom stereocenters. The number of anilines is 1. The lowest BCUT2D eigenvalue weighted by Crippen LogP contribution is -1.96. The second kappa shape index (κ2) is 7.22. The summed E-state index contributed by atoms with van der Waals surface area (Å²) in [6.07, 6.45) is 0. The van der Waals surface area contributed by atoms with Gasteiger partial charge in [-0.15, -0.1) is 11.8 Å². The van der Waals surface area contributed by atoms with Crippen LogP contribution in [-0.4, -0.2) is 18.7 Å². The van der Waals surface area contributed by atoms with Crippen LogP contribution in [0.3, 0.4) is 0 Å². The molecule has 1 aromatic heterocycles. The van der Waals surface area contributed by atoms with Crippen molar-refractivity contribution in [2.24, 2.45) is 0 Å². The zero-order valence-corrected chi connectivity index (χ0v) is 13.4. The number of hydrogen-bond donors (Lipinski definition) is 1. The van der Waals surface area contributed by atoms with E-state index in [4.69, 9.17) is 15.2 Å². The Hall–Kier alpha value is -1.88. The molecular weight excluding hydrogens is 284 g/mol. The maximum atomic E-state index is 6.01. The highest BCUT2D eigenvalue weighted by molar-refractivity contribution is 7.98. The first-order valence-corrected chi connectivity index (χ1v) is 7.77. The lowest BCUT2D eigenvalue weighted by molar-refractivity contribution is 0.339. The SMILES string of the molecule is CCOc1ccc(N)c(SCc2cc(OC)cc(C)n2)c1. The van der Waals surface area contributed by atoms with Gasteiger partial charge in [0.25, 0.3) is 0 Å². The highest BCUT2D eigenvalue weighted by Gasteiger charge is 2.06. The summed E-state index contributed by atoms with van der Waals surface area (Å²) in [5, 5.41) is 0. The van der Waals surface area contributed by atoms with Gasteiger partial charge in [-0.3, -0.25) is 4.98 Å². The number of ether oxygens (including phenoxy) is 2. The van der Waals surface area contributed by atoms with Crippen molar-refractivity contribution >= 4 is 17.4 Å². The van der Waals surface area contributed by atoms with Crippen LogP contribution < -0.4 is 15.2 Å². The second-order valence-electron chi connectivity index (χ2n) is 4.56. The van der Waals surface area contributed by atoms with Crippen LogP contribution in [-0.2, 0) is 5.75 Å². The van der Waals surface area contributed by atoms with E-state index in [1.165, 1.54) is 0 Å². The van der Waals surface area contributed by atoms with Crippen molar-refractivity contribution in [2.75, 3.05) is 19.5 Å². The lowest BCUT2D eigenvalue weighted by Gasteiger charge is -2.10. The lowest BCUT2D eigenvalue weighted by atomic mass is 10.3. The van der Waals surface area contributed by atoms with Gasteiger partial charge in [-0.1, -0.05) is 0 Å². The van der Waals surface area contributed by atoms with E-state index in [-0.39, 0.29) is 0 Å². The Kier molecular flexibility index (Phi) is 5.33. The third kappa shape index (κ3) is 4.29. The summed E-state index contributed by atoms with van der Waals surface area (Å²) >= 11 is 1.65. The Morgan fingerprint density at radius 3 is 2.71 bits per heavy atom. The van der Waals surface area contributed by atoms with Gasteiger partial charge in [-0.05, 0) is 32.0 Å². The standard InChI is InChI=1S/C16H20N2O2S/c1-4-20-13-5-6-15(17)16(9-13)21-10-12-8-14(19-3)7-11(2)18-12/h5-9H,4,10,17H2,1-3H3. The minimum atomic E-state index is 0.644. The molecule has 0 radical (unpaired) electrons. The Balaban J connectivity index is 2.12. The molecule has 0 saturated carbocycles. The molecule has 0 bridgehead atoms. The molecule has 1 aromatic carbocycles. The zero-order valence-electron chi connectivity index (χ0n) is 12.6. The number of pyridine rings is 1. The minimum Gasteiger partial charge on any atom is -0.497 e. The van der Waals surface area contributed by atoms with E-state index >= 15 is 0 Å². The number of methoxy groups -OCH3 is 1. The molecule has 0 spiro atoms. The summed E-state index contributed by atoms with van der Waals surface area (Å²) in [5.41, 5.74) is 8.68. The number of benzene rings is 1. The van der Waals surface area contributed by atoms with Gasteiger partial charge in [0.15, 0.2) is 0 Å². The van der Waals surface area contributed by atoms with Gasteiger partial charge in [0.2, 0.25) is 0 Å². The average Bonchev–Trinajstić information content (AvgIpc) is 2.47. The first kappa shape index (κ1) is 15.5. The summed E-state index contributed by atoms with van der Waals surface area (Å²) in [4.78, 5) is 5.52. The minimum absolute atomic E-state index is 0.644. The third-order valence-electron chi connectivity index (χ3n) is 2.89. The van der Waals surface area contributed by atoms with Crippen molar-refractivity contribution < 1.29 is 9.47 Å². The predicted molar refractivity (Wildman–Crippen MR) is 87.1 cm³/mol. The van der Waals surface area contributed by atoms with Crippen molar-refractivity contribution in [2.45, 2.75) is 24.5 Å². The number of nitrogens with zero attached hydrogens (tertiary/aromatic N) is 1. The first-order valence-electron chi connectivity index (χ1n) is 6.79. The molecule has 4 nitrogen and oxygen atoms in total. The van der Waals surface area contributed by atoms with Gasteiger partial charge < -0.3 is 15.2 Å². The fourth-order valence-electron chi connectivity index (χ4n) is 1.94. The Morgan fingerprint density at radius 1 is 1.19 bits per heavy atom. The van der Waals surface area contributed by atoms with Crippen LogP contribution in [0.25, 0.3) is 0 Å². The van der Waals surface area contributed by atoms with Crippen LogP contribution in [0.5, 0.6) is 11.5 Å². The Bertz CT molecular complexity index is 617. The molecule has 0 fully saturated rings. The third-order valence-corrected chi connectivity index (χ3v) is 3.99. The molecule has 1 heterocycles. The van der Waals surface area contributed by atoms with E-state index in [2.05, 4.69) is 4.98 Å². The number of nitrogen functional groups attached to an aromatic ring is 1. The Morgan fingerprint density at radius 2 is 2.00 bits per heavy atom. The van der Waals surface area contributed by atoms with E-state index in [0.717, 1.165) is 39.2 Å². The van der Waals surface area contributed by atoms with Gasteiger partial charge in [-0.2, -0.15) is 0 Å². The van der Waals surface area contributed by atoms with Gasteiger partial charge in [0.05, 0.1) is 19.4 Å². The first-order chi connectivity index (χ1) is 10.1. The molecule has 21 heavy (non-hydrogen) atoms. The second-order valence-corrected chi connectivity index (χ2v) is 5.58. The van der Waals surface area contributed by atoms with Crippen LogP contribution in [0, 0.1) is 6.92 Å². The van der Waals surface area contributed by atoms with Crippen LogP contribution in [0.2, 0.25) is 0 Å². The largest absolute Gasteiger partial charge is 0.497 e. The van der Waals surface area contributed by atoms with Crippen LogP contribution in [0.1, 0.15) is 18.3 Å². The number of nitrogens with two attached hydrogens (primary N) is 1. The molecule has 2 rings (SSSR count). The number of aromatic nitrogens is 1. The van der Waals surface area contributed by atoms with Crippen molar-refractivity contribution in [1.82, 2.24) is 4.98 Å². The summed E-state index contributed by atoms with van der Waals surface area (Å²) < 4.78 is 10.8. The number of rotatable bonds is 6. The molecule has 0 aliphatic heterocycles. The molecule has 5 heteroatoms. The molecular formula is C16H20N2O2S. The van der Waals surface area contributed by atoms with Gasteiger partial charge >= 0.3 is 0 Å². The monoisotopic (exact) mass is 304 g/mol. The normalized spacial score (nSPS) is 10.4. The Labute approximate surface area is 129 Å².